The van der Waals surface area contributed by atoms with Gasteiger partial charge in [-0.3, -0.25) is 4.99 Å². The summed E-state index contributed by atoms with van der Waals surface area (Å²) in [6.07, 6.45) is 0.774. The molecule has 0 fully saturated rings. The Kier molecular flexibility index (Phi) is 11.7. The van der Waals surface area contributed by atoms with E-state index in [1.165, 1.54) is 0 Å². The zero-order valence-corrected chi connectivity index (χ0v) is 21.4. The van der Waals surface area contributed by atoms with E-state index < -0.39 is 10.0 Å². The van der Waals surface area contributed by atoms with Crippen LogP contribution in [0.5, 0.6) is 0 Å². The van der Waals surface area contributed by atoms with Crippen molar-refractivity contribution in [1.29, 1.82) is 0 Å². The molecule has 9 heteroatoms. The van der Waals surface area contributed by atoms with Crippen LogP contribution in [0.3, 0.4) is 0 Å². The van der Waals surface area contributed by atoms with Crippen LogP contribution in [0.2, 0.25) is 5.02 Å². The first-order valence-corrected chi connectivity index (χ1v) is 11.6. The van der Waals surface area contributed by atoms with Crippen molar-refractivity contribution in [3.63, 3.8) is 0 Å². The van der Waals surface area contributed by atoms with Crippen LogP contribution in [-0.4, -0.2) is 34.0 Å². The molecule has 166 valence electrons. The van der Waals surface area contributed by atoms with Gasteiger partial charge in [-0.1, -0.05) is 54.1 Å². The van der Waals surface area contributed by atoms with Crippen LogP contribution in [0.25, 0.3) is 0 Å². The van der Waals surface area contributed by atoms with Crippen LogP contribution in [0, 0.1) is 0 Å². The topological polar surface area (TPSA) is 82.6 Å². The van der Waals surface area contributed by atoms with Gasteiger partial charge in [-0.15, -0.1) is 24.0 Å². The Morgan fingerprint density at radius 3 is 2.20 bits per heavy atom. The van der Waals surface area contributed by atoms with Crippen LogP contribution in [0.15, 0.2) is 53.5 Å². The van der Waals surface area contributed by atoms with Crippen LogP contribution >= 0.6 is 35.6 Å². The summed E-state index contributed by atoms with van der Waals surface area (Å²) in [4.78, 5) is 4.23. The molecule has 0 aromatic heterocycles. The summed E-state index contributed by atoms with van der Waals surface area (Å²) in [7, 11) is -1.68. The Hall–Kier alpha value is -1.36. The molecule has 2 aromatic rings. The molecular formula is C21H30ClIN4O2S. The molecule has 0 aliphatic carbocycles. The van der Waals surface area contributed by atoms with Crippen molar-refractivity contribution in [2.24, 2.45) is 4.99 Å². The second-order valence-corrected chi connectivity index (χ2v) is 9.16. The van der Waals surface area contributed by atoms with Crippen LogP contribution in [0.4, 0.5) is 0 Å². The van der Waals surface area contributed by atoms with E-state index in [0.717, 1.165) is 28.1 Å². The fourth-order valence-electron chi connectivity index (χ4n) is 2.89. The first kappa shape index (κ1) is 26.7. The van der Waals surface area contributed by atoms with E-state index in [2.05, 4.69) is 20.3 Å². The number of hydrogen-bond acceptors (Lipinski definition) is 3. The minimum atomic E-state index is -3.39. The van der Waals surface area contributed by atoms with Gasteiger partial charge >= 0.3 is 0 Å². The van der Waals surface area contributed by atoms with Crippen LogP contribution in [-0.2, 0) is 28.7 Å². The van der Waals surface area contributed by atoms with Crippen LogP contribution < -0.4 is 15.4 Å². The third-order valence-electron chi connectivity index (χ3n) is 4.19. The second-order valence-electron chi connectivity index (χ2n) is 6.99. The normalized spacial score (nSPS) is 11.8. The van der Waals surface area contributed by atoms with E-state index in [0.29, 0.717) is 19.0 Å². The molecule has 0 unspecified atom stereocenters. The van der Waals surface area contributed by atoms with E-state index in [-0.39, 0.29) is 35.8 Å². The number of sulfonamides is 1. The summed E-state index contributed by atoms with van der Waals surface area (Å²) in [6, 6.07) is 15.1. The molecule has 3 N–H and O–H groups in total. The van der Waals surface area contributed by atoms with Crippen LogP contribution in [0.1, 0.15) is 30.5 Å². The molecule has 0 saturated heterocycles. The summed E-state index contributed by atoms with van der Waals surface area (Å²) < 4.78 is 27.2. The zero-order valence-electron chi connectivity index (χ0n) is 17.5. The van der Waals surface area contributed by atoms with Crippen molar-refractivity contribution in [2.75, 3.05) is 13.6 Å². The van der Waals surface area contributed by atoms with Gasteiger partial charge in [0.2, 0.25) is 10.0 Å². The van der Waals surface area contributed by atoms with Crippen molar-refractivity contribution in [2.45, 2.75) is 38.6 Å². The van der Waals surface area contributed by atoms with E-state index in [9.17, 15) is 8.42 Å². The van der Waals surface area contributed by atoms with Gasteiger partial charge < -0.3 is 10.6 Å². The molecule has 2 aromatic carbocycles. The standard InChI is InChI=1S/C21H29ClN4O2S.HI/c1-16(2)26-29(27,28)15-19-10-5-4-9-18(19)14-25-21(23-3)24-13-12-17-8-6-7-11-20(17)22;/h4-11,16,26H,12-15H2,1-3H3,(H2,23,24,25);1H. The fourth-order valence-corrected chi connectivity index (χ4v) is 4.62. The molecule has 0 spiro atoms. The minimum Gasteiger partial charge on any atom is -0.356 e. The highest BCUT2D eigenvalue weighted by molar-refractivity contribution is 14.0. The molecule has 0 aliphatic heterocycles. The molecule has 0 aliphatic rings. The molecule has 0 radical (unpaired) electrons. The third-order valence-corrected chi connectivity index (χ3v) is 6.08. The Morgan fingerprint density at radius 1 is 1.00 bits per heavy atom. The van der Waals surface area contributed by atoms with Crippen molar-refractivity contribution in [3.8, 4) is 0 Å². The SMILES string of the molecule is CN=C(NCCc1ccccc1Cl)NCc1ccccc1CS(=O)(=O)NC(C)C.I. The lowest BCUT2D eigenvalue weighted by atomic mass is 10.1. The van der Waals surface area contributed by atoms with Crippen molar-refractivity contribution >= 4 is 51.6 Å². The summed E-state index contributed by atoms with van der Waals surface area (Å²) in [5.41, 5.74) is 2.75. The highest BCUT2D eigenvalue weighted by Crippen LogP contribution is 2.15. The average Bonchev–Trinajstić information content (AvgIpc) is 2.65. The first-order chi connectivity index (χ1) is 13.8. The van der Waals surface area contributed by atoms with Gasteiger partial charge in [0.1, 0.15) is 0 Å². The Labute approximate surface area is 202 Å². The summed E-state index contributed by atoms with van der Waals surface area (Å²) >= 11 is 6.19. The molecule has 30 heavy (non-hydrogen) atoms. The Bertz CT molecular complexity index is 936. The quantitative estimate of drug-likeness (QED) is 0.247. The van der Waals surface area contributed by atoms with E-state index >= 15 is 0 Å². The van der Waals surface area contributed by atoms with E-state index in [4.69, 9.17) is 11.6 Å². The number of hydrogen-bond donors (Lipinski definition) is 3. The van der Waals surface area contributed by atoms with Gasteiger partial charge in [0.15, 0.2) is 5.96 Å². The van der Waals surface area contributed by atoms with Gasteiger partial charge in [0.05, 0.1) is 5.75 Å². The molecule has 0 bridgehead atoms. The molecule has 0 saturated carbocycles. The molecule has 0 heterocycles. The maximum absolute atomic E-state index is 12.3. The minimum absolute atomic E-state index is 0. The number of nitrogens with one attached hydrogen (secondary N) is 3. The van der Waals surface area contributed by atoms with Crippen molar-refractivity contribution < 1.29 is 8.42 Å². The van der Waals surface area contributed by atoms with Gasteiger partial charge in [-0.2, -0.15) is 0 Å². The Morgan fingerprint density at radius 2 is 1.60 bits per heavy atom. The second kappa shape index (κ2) is 13.1. The van der Waals surface area contributed by atoms with E-state index in [1.807, 2.05) is 62.4 Å². The summed E-state index contributed by atoms with van der Waals surface area (Å²) in [6.45, 7) is 4.77. The number of aliphatic imine (C=N–C) groups is 1. The molecule has 0 amide bonds. The highest BCUT2D eigenvalue weighted by atomic mass is 127. The number of halogens is 2. The predicted octanol–water partition coefficient (Wildman–Crippen LogP) is 3.69. The number of nitrogens with zero attached hydrogens (tertiary/aromatic N) is 1. The van der Waals surface area contributed by atoms with E-state index in [1.54, 1.807) is 7.05 Å². The lowest BCUT2D eigenvalue weighted by Crippen LogP contribution is -2.38. The number of benzene rings is 2. The van der Waals surface area contributed by atoms with Crippen molar-refractivity contribution in [3.05, 3.63) is 70.2 Å². The third kappa shape index (κ3) is 9.20. The fraction of sp³-hybridized carbons (Fsp3) is 0.381. The first-order valence-electron chi connectivity index (χ1n) is 9.55. The number of rotatable bonds is 9. The average molecular weight is 565 g/mol. The molecular weight excluding hydrogens is 535 g/mol. The largest absolute Gasteiger partial charge is 0.356 e. The number of guanidine groups is 1. The van der Waals surface area contributed by atoms with Gasteiger partial charge in [-0.05, 0) is 43.0 Å². The molecule has 2 rings (SSSR count). The van der Waals surface area contributed by atoms with Crippen molar-refractivity contribution in [1.82, 2.24) is 15.4 Å². The zero-order chi connectivity index (χ0) is 21.3. The van der Waals surface area contributed by atoms with Gasteiger partial charge in [-0.25, -0.2) is 13.1 Å². The maximum Gasteiger partial charge on any atom is 0.216 e. The maximum atomic E-state index is 12.3. The predicted molar refractivity (Wildman–Crippen MR) is 136 cm³/mol. The Balaban J connectivity index is 0.00000450. The molecule has 0 atom stereocenters. The summed E-state index contributed by atoms with van der Waals surface area (Å²) in [5.74, 6) is 0.594. The van der Waals surface area contributed by atoms with Gasteiger partial charge in [0, 0.05) is 31.2 Å². The lowest BCUT2D eigenvalue weighted by Gasteiger charge is -2.15. The van der Waals surface area contributed by atoms with Gasteiger partial charge in [0.25, 0.3) is 0 Å². The molecule has 6 nitrogen and oxygen atoms in total. The summed E-state index contributed by atoms with van der Waals surface area (Å²) in [5, 5.41) is 7.26. The highest BCUT2D eigenvalue weighted by Gasteiger charge is 2.15. The smallest absolute Gasteiger partial charge is 0.216 e. The monoisotopic (exact) mass is 564 g/mol. The lowest BCUT2D eigenvalue weighted by molar-refractivity contribution is 0.568.